The van der Waals surface area contributed by atoms with Gasteiger partial charge in [0.2, 0.25) is 5.91 Å². The fourth-order valence-electron chi connectivity index (χ4n) is 2.56. The molecule has 0 bridgehead atoms. The van der Waals surface area contributed by atoms with E-state index >= 15 is 0 Å². The lowest BCUT2D eigenvalue weighted by molar-refractivity contribution is -0.128. The van der Waals surface area contributed by atoms with Crippen molar-refractivity contribution in [3.8, 4) is 5.69 Å². The SMILES string of the molecule is CN(C(=O)CSc1nn(-c2ccccc2)c(=S)s1)[C@H]1CCS(=O)(=O)C1. The summed E-state index contributed by atoms with van der Waals surface area (Å²) in [6, 6.07) is 9.37. The maximum atomic E-state index is 12.3. The van der Waals surface area contributed by atoms with Gasteiger partial charge in [-0.1, -0.05) is 41.3 Å². The summed E-state index contributed by atoms with van der Waals surface area (Å²) in [5, 5.41) is 4.46. The lowest BCUT2D eigenvalue weighted by Crippen LogP contribution is -2.38. The summed E-state index contributed by atoms with van der Waals surface area (Å²) in [7, 11) is -1.34. The van der Waals surface area contributed by atoms with Crippen LogP contribution in [0.15, 0.2) is 34.7 Å². The standard InChI is InChI=1S/C15H17N3O3S4/c1-17(12-7-8-25(20,21)10-12)13(19)9-23-14-16-18(15(22)24-14)11-5-3-2-4-6-11/h2-6,12H,7-10H2,1H3/t12-/m0/s1. The maximum absolute atomic E-state index is 12.3. The molecule has 25 heavy (non-hydrogen) atoms. The molecule has 1 amide bonds. The summed E-state index contributed by atoms with van der Waals surface area (Å²) < 4.78 is 26.1. The van der Waals surface area contributed by atoms with Crippen LogP contribution in [0.5, 0.6) is 0 Å². The molecule has 1 atom stereocenters. The largest absolute Gasteiger partial charge is 0.341 e. The van der Waals surface area contributed by atoms with Gasteiger partial charge in [0, 0.05) is 13.1 Å². The van der Waals surface area contributed by atoms with E-state index in [0.717, 1.165) is 10.0 Å². The zero-order valence-corrected chi connectivity index (χ0v) is 16.8. The van der Waals surface area contributed by atoms with Crippen molar-refractivity contribution in [2.75, 3.05) is 24.3 Å². The highest BCUT2D eigenvalue weighted by Gasteiger charge is 2.32. The molecule has 1 saturated heterocycles. The van der Waals surface area contributed by atoms with Crippen molar-refractivity contribution < 1.29 is 13.2 Å². The first-order valence-electron chi connectivity index (χ1n) is 7.60. The fraction of sp³-hybridized carbons (Fsp3) is 0.400. The second kappa shape index (κ2) is 7.56. The van der Waals surface area contributed by atoms with Crippen molar-refractivity contribution in [3.05, 3.63) is 34.3 Å². The predicted octanol–water partition coefficient (Wildman–Crippen LogP) is 2.40. The van der Waals surface area contributed by atoms with Crippen LogP contribution in [-0.2, 0) is 14.6 Å². The number of benzene rings is 1. The Morgan fingerprint density at radius 2 is 2.16 bits per heavy atom. The molecule has 2 aromatic rings. The lowest BCUT2D eigenvalue weighted by Gasteiger charge is -2.22. The topological polar surface area (TPSA) is 72.3 Å². The maximum Gasteiger partial charge on any atom is 0.233 e. The number of aromatic nitrogens is 2. The van der Waals surface area contributed by atoms with Gasteiger partial charge < -0.3 is 4.90 Å². The molecule has 1 aromatic heterocycles. The number of sulfone groups is 1. The first-order chi connectivity index (χ1) is 11.9. The zero-order valence-electron chi connectivity index (χ0n) is 13.5. The van der Waals surface area contributed by atoms with Gasteiger partial charge in [-0.25, -0.2) is 13.1 Å². The molecule has 0 radical (unpaired) electrons. The Morgan fingerprint density at radius 3 is 2.80 bits per heavy atom. The van der Waals surface area contributed by atoms with Gasteiger partial charge in [0.25, 0.3) is 0 Å². The molecule has 1 aliphatic rings. The zero-order chi connectivity index (χ0) is 18.0. The Balaban J connectivity index is 1.62. The second-order valence-electron chi connectivity index (χ2n) is 5.73. The second-order valence-corrected chi connectivity index (χ2v) is 10.8. The van der Waals surface area contributed by atoms with Crippen molar-refractivity contribution in [2.45, 2.75) is 16.8 Å². The van der Waals surface area contributed by atoms with Crippen LogP contribution in [0.2, 0.25) is 0 Å². The van der Waals surface area contributed by atoms with Crippen LogP contribution in [0.4, 0.5) is 0 Å². The molecule has 0 N–H and O–H groups in total. The molecule has 1 fully saturated rings. The summed E-state index contributed by atoms with van der Waals surface area (Å²) in [6.07, 6.45) is 0.511. The first kappa shape index (κ1) is 18.6. The first-order valence-corrected chi connectivity index (χ1v) is 11.6. The Labute approximate surface area is 159 Å². The summed E-state index contributed by atoms with van der Waals surface area (Å²) in [5.41, 5.74) is 0.884. The fourth-order valence-corrected chi connectivity index (χ4v) is 6.62. The highest BCUT2D eigenvalue weighted by Crippen LogP contribution is 2.25. The molecule has 1 aliphatic heterocycles. The highest BCUT2D eigenvalue weighted by molar-refractivity contribution is 8.01. The molecule has 134 valence electrons. The smallest absolute Gasteiger partial charge is 0.233 e. The molecule has 2 heterocycles. The van der Waals surface area contributed by atoms with Crippen molar-refractivity contribution in [1.82, 2.24) is 14.7 Å². The van der Waals surface area contributed by atoms with Crippen LogP contribution in [0.1, 0.15) is 6.42 Å². The number of carbonyl (C=O) groups excluding carboxylic acids is 1. The minimum Gasteiger partial charge on any atom is -0.341 e. The Hall–Kier alpha value is -1.23. The van der Waals surface area contributed by atoms with Crippen molar-refractivity contribution in [2.24, 2.45) is 0 Å². The van der Waals surface area contributed by atoms with Gasteiger partial charge in [-0.2, -0.15) is 0 Å². The highest BCUT2D eigenvalue weighted by atomic mass is 32.2. The summed E-state index contributed by atoms with van der Waals surface area (Å²) in [5.74, 6) is 0.330. The molecule has 6 nitrogen and oxygen atoms in total. The van der Waals surface area contributed by atoms with E-state index in [1.165, 1.54) is 23.1 Å². The third-order valence-corrected chi connectivity index (χ3v) is 8.10. The number of nitrogens with zero attached hydrogens (tertiary/aromatic N) is 3. The average Bonchev–Trinajstić information content (AvgIpc) is 3.15. The number of rotatable bonds is 5. The Bertz CT molecular complexity index is 921. The van der Waals surface area contributed by atoms with Crippen LogP contribution < -0.4 is 0 Å². The van der Waals surface area contributed by atoms with Crippen LogP contribution in [0, 0.1) is 3.95 Å². The summed E-state index contributed by atoms with van der Waals surface area (Å²) >= 11 is 8.02. The number of para-hydroxylation sites is 1. The number of carbonyl (C=O) groups is 1. The molecule has 0 spiro atoms. The molecule has 10 heteroatoms. The van der Waals surface area contributed by atoms with E-state index < -0.39 is 9.84 Å². The Kier molecular flexibility index (Phi) is 5.62. The van der Waals surface area contributed by atoms with Gasteiger partial charge in [0.05, 0.1) is 22.9 Å². The molecule has 0 unspecified atom stereocenters. The van der Waals surface area contributed by atoms with Crippen molar-refractivity contribution in [3.63, 3.8) is 0 Å². The third kappa shape index (κ3) is 4.49. The van der Waals surface area contributed by atoms with Gasteiger partial charge in [0.1, 0.15) is 0 Å². The number of hydrogen-bond donors (Lipinski definition) is 0. The van der Waals surface area contributed by atoms with Gasteiger partial charge in [-0.3, -0.25) is 4.79 Å². The van der Waals surface area contributed by atoms with Gasteiger partial charge in [-0.05, 0) is 30.8 Å². The van der Waals surface area contributed by atoms with Crippen LogP contribution in [0.3, 0.4) is 0 Å². The van der Waals surface area contributed by atoms with Crippen LogP contribution in [0.25, 0.3) is 5.69 Å². The predicted molar refractivity (Wildman–Crippen MR) is 103 cm³/mol. The van der Waals surface area contributed by atoms with Crippen LogP contribution >= 0.6 is 35.3 Å². The van der Waals surface area contributed by atoms with Crippen molar-refractivity contribution >= 4 is 51.1 Å². The molecular formula is C15H17N3O3S4. The normalized spacial score (nSPS) is 19.0. The lowest BCUT2D eigenvalue weighted by atomic mass is 10.2. The van der Waals surface area contributed by atoms with Gasteiger partial charge in [0.15, 0.2) is 18.1 Å². The van der Waals surface area contributed by atoms with Gasteiger partial charge in [-0.15, -0.1) is 5.10 Å². The van der Waals surface area contributed by atoms with Crippen LogP contribution in [-0.4, -0.2) is 59.4 Å². The minimum atomic E-state index is -3.00. The van der Waals surface area contributed by atoms with E-state index in [0.29, 0.717) is 10.4 Å². The van der Waals surface area contributed by atoms with E-state index in [-0.39, 0.29) is 29.2 Å². The molecule has 3 rings (SSSR count). The third-order valence-electron chi connectivity index (χ3n) is 4.00. The molecule has 1 aromatic carbocycles. The average molecular weight is 416 g/mol. The minimum absolute atomic E-state index is 0.0570. The van der Waals surface area contributed by atoms with Crippen molar-refractivity contribution in [1.29, 1.82) is 0 Å². The number of hydrogen-bond acceptors (Lipinski definition) is 7. The number of amides is 1. The van der Waals surface area contributed by atoms with Gasteiger partial charge >= 0.3 is 0 Å². The summed E-state index contributed by atoms with van der Waals surface area (Å²) in [6.45, 7) is 0. The quantitative estimate of drug-likeness (QED) is 0.552. The molecular weight excluding hydrogens is 398 g/mol. The van der Waals surface area contributed by atoms with E-state index in [1.807, 2.05) is 30.3 Å². The van der Waals surface area contributed by atoms with E-state index in [4.69, 9.17) is 12.2 Å². The Morgan fingerprint density at radius 1 is 1.44 bits per heavy atom. The summed E-state index contributed by atoms with van der Waals surface area (Å²) in [4.78, 5) is 13.9. The molecule has 0 saturated carbocycles. The number of thioether (sulfide) groups is 1. The monoisotopic (exact) mass is 415 g/mol. The molecule has 0 aliphatic carbocycles. The van der Waals surface area contributed by atoms with E-state index in [2.05, 4.69) is 5.10 Å². The van der Waals surface area contributed by atoms with E-state index in [9.17, 15) is 13.2 Å². The van der Waals surface area contributed by atoms with E-state index in [1.54, 1.807) is 16.6 Å².